The Morgan fingerprint density at radius 2 is 1.96 bits per heavy atom. The van der Waals surface area contributed by atoms with E-state index in [0.29, 0.717) is 23.7 Å². The lowest BCUT2D eigenvalue weighted by atomic mass is 10.1. The van der Waals surface area contributed by atoms with Crippen molar-refractivity contribution in [3.05, 3.63) is 0 Å². The molecule has 1 saturated carbocycles. The first-order chi connectivity index (χ1) is 11.1. The molecular weight excluding hydrogens is 417 g/mol. The summed E-state index contributed by atoms with van der Waals surface area (Å²) < 4.78 is 11.9. The predicted octanol–water partition coefficient (Wildman–Crippen LogP) is 3.03. The van der Waals surface area contributed by atoms with Crippen molar-refractivity contribution in [3.8, 4) is 0 Å². The van der Waals surface area contributed by atoms with Crippen molar-refractivity contribution in [2.24, 2.45) is 10.4 Å². The van der Waals surface area contributed by atoms with Crippen LogP contribution in [0.2, 0.25) is 0 Å². The molecule has 3 rings (SSSR count). The maximum absolute atomic E-state index is 6.10. The normalized spacial score (nSPS) is 30.6. The van der Waals surface area contributed by atoms with Gasteiger partial charge in [0.2, 0.25) is 0 Å². The van der Waals surface area contributed by atoms with Crippen molar-refractivity contribution >= 4 is 29.9 Å². The van der Waals surface area contributed by atoms with E-state index in [1.807, 2.05) is 7.05 Å². The number of hydrogen-bond acceptors (Lipinski definition) is 3. The van der Waals surface area contributed by atoms with E-state index in [4.69, 9.17) is 9.47 Å². The summed E-state index contributed by atoms with van der Waals surface area (Å²) in [5.41, 5.74) is 0.428. The average Bonchev–Trinajstić information content (AvgIpc) is 3.18. The molecular formula is C18H34IN3O2. The number of halogens is 1. The second kappa shape index (κ2) is 9.03. The van der Waals surface area contributed by atoms with E-state index < -0.39 is 0 Å². The Balaban J connectivity index is 0.00000208. The van der Waals surface area contributed by atoms with Crippen LogP contribution >= 0.6 is 24.0 Å². The molecule has 0 bridgehead atoms. The Morgan fingerprint density at radius 1 is 1.25 bits per heavy atom. The monoisotopic (exact) mass is 451 g/mol. The van der Waals surface area contributed by atoms with Crippen LogP contribution in [-0.2, 0) is 9.47 Å². The molecule has 1 N–H and O–H groups in total. The minimum absolute atomic E-state index is 0. The molecule has 0 spiro atoms. The van der Waals surface area contributed by atoms with Gasteiger partial charge in [-0.25, -0.2) is 0 Å². The highest BCUT2D eigenvalue weighted by atomic mass is 127. The first kappa shape index (κ1) is 20.2. The smallest absolute Gasteiger partial charge is 0.193 e. The van der Waals surface area contributed by atoms with Crippen LogP contribution in [0.1, 0.15) is 52.4 Å². The van der Waals surface area contributed by atoms with Crippen LogP contribution < -0.4 is 5.32 Å². The van der Waals surface area contributed by atoms with Crippen LogP contribution in [0, 0.1) is 5.41 Å². The van der Waals surface area contributed by atoms with Gasteiger partial charge in [-0.3, -0.25) is 4.99 Å². The van der Waals surface area contributed by atoms with Gasteiger partial charge in [-0.1, -0.05) is 13.8 Å². The molecule has 2 saturated heterocycles. The molecule has 0 amide bonds. The van der Waals surface area contributed by atoms with E-state index in [0.717, 1.165) is 51.5 Å². The van der Waals surface area contributed by atoms with Crippen LogP contribution in [0.4, 0.5) is 0 Å². The summed E-state index contributed by atoms with van der Waals surface area (Å²) in [7, 11) is 1.89. The Kier molecular flexibility index (Phi) is 7.61. The Morgan fingerprint density at radius 3 is 2.50 bits per heavy atom. The molecule has 140 valence electrons. The van der Waals surface area contributed by atoms with Gasteiger partial charge in [-0.15, -0.1) is 24.0 Å². The van der Waals surface area contributed by atoms with E-state index in [1.165, 1.54) is 19.3 Å². The molecule has 0 aromatic rings. The predicted molar refractivity (Wildman–Crippen MR) is 108 cm³/mol. The molecule has 0 aromatic carbocycles. The molecule has 0 aromatic heterocycles. The zero-order chi connectivity index (χ0) is 16.3. The van der Waals surface area contributed by atoms with E-state index in [2.05, 4.69) is 29.1 Å². The third kappa shape index (κ3) is 5.46. The molecule has 2 aliphatic heterocycles. The largest absolute Gasteiger partial charge is 0.376 e. The maximum atomic E-state index is 6.10. The third-order valence-corrected chi connectivity index (χ3v) is 5.56. The third-order valence-electron chi connectivity index (χ3n) is 5.56. The summed E-state index contributed by atoms with van der Waals surface area (Å²) in [6.45, 7) is 8.36. The van der Waals surface area contributed by atoms with E-state index >= 15 is 0 Å². The minimum Gasteiger partial charge on any atom is -0.376 e. The van der Waals surface area contributed by atoms with Crippen molar-refractivity contribution < 1.29 is 9.47 Å². The number of ether oxygens (including phenoxy) is 2. The first-order valence-electron chi connectivity index (χ1n) is 9.30. The molecule has 24 heavy (non-hydrogen) atoms. The highest BCUT2D eigenvalue weighted by Crippen LogP contribution is 2.44. The number of aliphatic imine (C=N–C) groups is 1. The Bertz CT molecular complexity index is 416. The van der Waals surface area contributed by atoms with Crippen molar-refractivity contribution in [2.75, 3.05) is 33.4 Å². The molecule has 2 unspecified atom stereocenters. The van der Waals surface area contributed by atoms with Crippen molar-refractivity contribution in [1.29, 1.82) is 0 Å². The van der Waals surface area contributed by atoms with Crippen molar-refractivity contribution in [3.63, 3.8) is 0 Å². The van der Waals surface area contributed by atoms with E-state index in [9.17, 15) is 0 Å². The van der Waals surface area contributed by atoms with Gasteiger partial charge in [0.05, 0.1) is 18.8 Å². The van der Waals surface area contributed by atoms with Gasteiger partial charge in [-0.2, -0.15) is 0 Å². The Labute approximate surface area is 164 Å². The number of piperidine rings is 1. The minimum atomic E-state index is 0. The van der Waals surface area contributed by atoms with E-state index in [1.54, 1.807) is 0 Å². The van der Waals surface area contributed by atoms with Gasteiger partial charge < -0.3 is 19.7 Å². The molecule has 2 heterocycles. The fraction of sp³-hybridized carbons (Fsp3) is 0.944. The van der Waals surface area contributed by atoms with Gasteiger partial charge in [0.25, 0.3) is 0 Å². The maximum Gasteiger partial charge on any atom is 0.193 e. The molecule has 3 aliphatic rings. The molecule has 5 nitrogen and oxygen atoms in total. The summed E-state index contributed by atoms with van der Waals surface area (Å²) in [5, 5.41) is 3.61. The zero-order valence-corrected chi connectivity index (χ0v) is 17.8. The van der Waals surface area contributed by atoms with Crippen LogP contribution in [0.15, 0.2) is 4.99 Å². The first-order valence-corrected chi connectivity index (χ1v) is 9.30. The number of guanidine groups is 1. The van der Waals surface area contributed by atoms with Crippen molar-refractivity contribution in [2.45, 2.75) is 70.6 Å². The van der Waals surface area contributed by atoms with Crippen LogP contribution in [-0.4, -0.2) is 62.5 Å². The summed E-state index contributed by atoms with van der Waals surface area (Å²) in [6.07, 6.45) is 7.77. The number of nitrogens with one attached hydrogen (secondary N) is 1. The Hall–Kier alpha value is -0.0800. The van der Waals surface area contributed by atoms with Crippen LogP contribution in [0.25, 0.3) is 0 Å². The summed E-state index contributed by atoms with van der Waals surface area (Å²) in [5.74, 6) is 1.06. The lowest BCUT2D eigenvalue weighted by molar-refractivity contribution is -0.0721. The van der Waals surface area contributed by atoms with Gasteiger partial charge in [0.15, 0.2) is 5.96 Å². The number of nitrogens with zero attached hydrogens (tertiary/aromatic N) is 2. The summed E-state index contributed by atoms with van der Waals surface area (Å²) in [4.78, 5) is 6.85. The van der Waals surface area contributed by atoms with Crippen LogP contribution in [0.5, 0.6) is 0 Å². The molecule has 2 atom stereocenters. The quantitative estimate of drug-likeness (QED) is 0.406. The van der Waals surface area contributed by atoms with Gasteiger partial charge in [-0.05, 0) is 43.9 Å². The topological polar surface area (TPSA) is 46.1 Å². The second-order valence-electron chi connectivity index (χ2n) is 7.95. The highest BCUT2D eigenvalue weighted by Gasteiger charge is 2.46. The average molecular weight is 451 g/mol. The van der Waals surface area contributed by atoms with Crippen LogP contribution in [0.3, 0.4) is 0 Å². The summed E-state index contributed by atoms with van der Waals surface area (Å²) in [6, 6.07) is 0.582. The van der Waals surface area contributed by atoms with Gasteiger partial charge in [0.1, 0.15) is 0 Å². The lowest BCUT2D eigenvalue weighted by Gasteiger charge is -2.35. The zero-order valence-electron chi connectivity index (χ0n) is 15.4. The lowest BCUT2D eigenvalue weighted by Crippen LogP contribution is -2.48. The number of rotatable bonds is 4. The molecule has 6 heteroatoms. The number of hydrogen-bond donors (Lipinski definition) is 1. The fourth-order valence-electron chi connectivity index (χ4n) is 3.58. The standard InChI is InChI=1S/C18H33N3O2.HI/c1-18(2)12-16(18)20-17(19-3)21-9-7-14(8-10-21)23-13-15-6-4-5-11-22-15;/h14-16H,4-13H2,1-3H3,(H,19,20);1H. The summed E-state index contributed by atoms with van der Waals surface area (Å²) >= 11 is 0. The highest BCUT2D eigenvalue weighted by molar-refractivity contribution is 14.0. The molecule has 0 radical (unpaired) electrons. The fourth-order valence-corrected chi connectivity index (χ4v) is 3.58. The second-order valence-corrected chi connectivity index (χ2v) is 7.95. The molecule has 3 fully saturated rings. The van der Waals surface area contributed by atoms with Crippen molar-refractivity contribution in [1.82, 2.24) is 10.2 Å². The SMILES string of the molecule is CN=C(NC1CC1(C)C)N1CCC(OCC2CCCCO2)CC1.I. The van der Waals surface area contributed by atoms with Gasteiger partial charge in [0, 0.05) is 32.8 Å². The van der Waals surface area contributed by atoms with Gasteiger partial charge >= 0.3 is 0 Å². The number of likely N-dealkylation sites (tertiary alicyclic amines) is 1. The van der Waals surface area contributed by atoms with E-state index in [-0.39, 0.29) is 24.0 Å². The molecule has 1 aliphatic carbocycles.